The summed E-state index contributed by atoms with van der Waals surface area (Å²) in [6.45, 7) is 7.38. The average molecular weight is 592 g/mol. The van der Waals surface area contributed by atoms with Crippen molar-refractivity contribution in [3.05, 3.63) is 0 Å². The molecule has 0 bridgehead atoms. The zero-order valence-corrected chi connectivity index (χ0v) is 28.6. The summed E-state index contributed by atoms with van der Waals surface area (Å²) < 4.78 is 34.1. The normalized spacial score (nSPS) is 11.9. The van der Waals surface area contributed by atoms with Crippen molar-refractivity contribution in [1.29, 1.82) is 0 Å². The van der Waals surface area contributed by atoms with Crippen molar-refractivity contribution < 1.29 is 22.0 Å². The molecule has 0 rings (SSSR count). The second-order valence-corrected chi connectivity index (χ2v) is 13.9. The molecule has 0 unspecified atom stereocenters. The maximum Gasteiger partial charge on any atom is 0.215 e. The van der Waals surface area contributed by atoms with E-state index in [2.05, 4.69) is 27.9 Å². The standard InChI is InChI=1S/C34H72N.H2O4S/c1-5-7-9-11-13-15-17-19-21-23-25-27-29-31-33-35(3,4)34-32-30-28-26-24-22-20-18-16-14-12-10-8-6-2;1-5(2,3)4/h5-34H2,1-4H3;(H2,1,2,3,4)/q+1;/p-1. The summed E-state index contributed by atoms with van der Waals surface area (Å²) in [7, 11) is 0.00895. The Kier molecular flexibility index (Phi) is 33.3. The highest BCUT2D eigenvalue weighted by Gasteiger charge is 2.13. The van der Waals surface area contributed by atoms with Gasteiger partial charge in [0.1, 0.15) is 0 Å². The Morgan fingerprint density at radius 1 is 0.425 bits per heavy atom. The third-order valence-electron chi connectivity index (χ3n) is 8.23. The van der Waals surface area contributed by atoms with E-state index >= 15 is 0 Å². The van der Waals surface area contributed by atoms with Crippen LogP contribution in [-0.2, 0) is 10.4 Å². The second-order valence-electron chi connectivity index (χ2n) is 13.0. The van der Waals surface area contributed by atoms with Gasteiger partial charge in [-0.25, -0.2) is 8.42 Å². The van der Waals surface area contributed by atoms with Gasteiger partial charge in [0, 0.05) is 0 Å². The molecule has 0 aliphatic carbocycles. The SMILES string of the molecule is CCCCCCCCCCCCCCCC[N+](C)(C)CCCCCCCCCCCCCCCC.O=S(=O)([O-])O. The lowest BCUT2D eigenvalue weighted by Gasteiger charge is -2.30. The monoisotopic (exact) mass is 592 g/mol. The first kappa shape index (κ1) is 42.0. The average Bonchev–Trinajstić information content (AvgIpc) is 2.88. The van der Waals surface area contributed by atoms with Gasteiger partial charge in [0.05, 0.1) is 27.2 Å². The highest BCUT2D eigenvalue weighted by atomic mass is 32.3. The molecule has 0 aliphatic heterocycles. The van der Waals surface area contributed by atoms with Crippen molar-refractivity contribution in [3.63, 3.8) is 0 Å². The van der Waals surface area contributed by atoms with Crippen molar-refractivity contribution in [3.8, 4) is 0 Å². The number of rotatable bonds is 30. The number of hydrogen-bond acceptors (Lipinski definition) is 3. The molecule has 0 aromatic rings. The molecule has 0 aliphatic rings. The fourth-order valence-electron chi connectivity index (χ4n) is 5.58. The zero-order chi connectivity index (χ0) is 30.2. The molecule has 0 radical (unpaired) electrons. The van der Waals surface area contributed by atoms with Gasteiger partial charge in [-0.05, 0) is 25.7 Å². The van der Waals surface area contributed by atoms with E-state index in [1.807, 2.05) is 0 Å². The lowest BCUT2D eigenvalue weighted by molar-refractivity contribution is -0.890. The van der Waals surface area contributed by atoms with Crippen molar-refractivity contribution in [2.45, 2.75) is 194 Å². The molecule has 5 nitrogen and oxygen atoms in total. The number of quaternary nitrogens is 1. The van der Waals surface area contributed by atoms with Gasteiger partial charge >= 0.3 is 0 Å². The fraction of sp³-hybridized carbons (Fsp3) is 1.00. The molecule has 0 saturated heterocycles. The molecule has 0 heterocycles. The zero-order valence-electron chi connectivity index (χ0n) is 27.7. The molecule has 1 N–H and O–H groups in total. The summed E-state index contributed by atoms with van der Waals surface area (Å²) in [6.07, 6.45) is 40.9. The predicted octanol–water partition coefficient (Wildman–Crippen LogP) is 11.0. The second kappa shape index (κ2) is 31.8. The molecule has 244 valence electrons. The Labute approximate surface area is 252 Å². The minimum absolute atomic E-state index is 1.25. The van der Waals surface area contributed by atoms with E-state index in [0.29, 0.717) is 0 Å². The van der Waals surface area contributed by atoms with E-state index in [9.17, 15) is 0 Å². The molecular formula is C34H73NO4S. The van der Waals surface area contributed by atoms with Gasteiger partial charge in [-0.2, -0.15) is 0 Å². The molecule has 0 amide bonds. The van der Waals surface area contributed by atoms with Crippen LogP contribution in [0.25, 0.3) is 0 Å². The van der Waals surface area contributed by atoms with Gasteiger partial charge in [-0.3, -0.25) is 4.55 Å². The fourth-order valence-corrected chi connectivity index (χ4v) is 5.58. The van der Waals surface area contributed by atoms with E-state index in [0.717, 1.165) is 0 Å². The van der Waals surface area contributed by atoms with Gasteiger partial charge in [0.15, 0.2) is 0 Å². The van der Waals surface area contributed by atoms with Crippen LogP contribution in [0.5, 0.6) is 0 Å². The summed E-state index contributed by atoms with van der Waals surface area (Å²) in [5, 5.41) is 0. The quantitative estimate of drug-likeness (QED) is 0.0390. The lowest BCUT2D eigenvalue weighted by Crippen LogP contribution is -2.41. The minimum atomic E-state index is -4.92. The van der Waals surface area contributed by atoms with Gasteiger partial charge < -0.3 is 9.04 Å². The number of unbranched alkanes of at least 4 members (excludes halogenated alkanes) is 26. The Morgan fingerprint density at radius 3 is 0.750 bits per heavy atom. The molecule has 0 fully saturated rings. The first-order valence-corrected chi connectivity index (χ1v) is 19.0. The number of nitrogens with zero attached hydrogens (tertiary/aromatic N) is 1. The Bertz CT molecular complexity index is 538. The Morgan fingerprint density at radius 2 is 0.575 bits per heavy atom. The highest BCUT2D eigenvalue weighted by molar-refractivity contribution is 7.79. The molecular weight excluding hydrogens is 518 g/mol. The minimum Gasteiger partial charge on any atom is -0.726 e. The van der Waals surface area contributed by atoms with Crippen molar-refractivity contribution >= 4 is 10.4 Å². The van der Waals surface area contributed by atoms with Crippen molar-refractivity contribution in [1.82, 2.24) is 0 Å². The third kappa shape index (κ3) is 44.8. The molecule has 0 aromatic heterocycles. The van der Waals surface area contributed by atoms with Crippen LogP contribution >= 0.6 is 0 Å². The summed E-state index contributed by atoms with van der Waals surface area (Å²) in [6, 6.07) is 0. The van der Waals surface area contributed by atoms with Crippen LogP contribution < -0.4 is 0 Å². The third-order valence-corrected chi connectivity index (χ3v) is 8.23. The van der Waals surface area contributed by atoms with Crippen molar-refractivity contribution in [2.75, 3.05) is 27.2 Å². The van der Waals surface area contributed by atoms with E-state index in [1.54, 1.807) is 0 Å². The first-order valence-electron chi connectivity index (χ1n) is 17.6. The van der Waals surface area contributed by atoms with E-state index in [1.165, 1.54) is 197 Å². The molecule has 0 saturated carbocycles. The maximum atomic E-state index is 8.63. The van der Waals surface area contributed by atoms with Crippen LogP contribution in [0.2, 0.25) is 0 Å². The molecule has 0 spiro atoms. The molecule has 0 aromatic carbocycles. The summed E-state index contributed by atoms with van der Waals surface area (Å²) >= 11 is 0. The van der Waals surface area contributed by atoms with Crippen LogP contribution in [0, 0.1) is 0 Å². The van der Waals surface area contributed by atoms with Crippen LogP contribution in [0.3, 0.4) is 0 Å². The smallest absolute Gasteiger partial charge is 0.215 e. The van der Waals surface area contributed by atoms with Crippen molar-refractivity contribution in [2.24, 2.45) is 0 Å². The Balaban J connectivity index is 0. The largest absolute Gasteiger partial charge is 0.726 e. The van der Waals surface area contributed by atoms with Crippen LogP contribution in [0.4, 0.5) is 0 Å². The van der Waals surface area contributed by atoms with Crippen LogP contribution in [0.1, 0.15) is 194 Å². The van der Waals surface area contributed by atoms with E-state index in [4.69, 9.17) is 17.5 Å². The summed E-state index contributed by atoms with van der Waals surface area (Å²) in [4.78, 5) is 0. The number of hydrogen-bond donors (Lipinski definition) is 1. The maximum absolute atomic E-state index is 8.63. The topological polar surface area (TPSA) is 77.4 Å². The van der Waals surface area contributed by atoms with Gasteiger partial charge in [-0.15, -0.1) is 0 Å². The lowest BCUT2D eigenvalue weighted by atomic mass is 10.0. The van der Waals surface area contributed by atoms with Crippen LogP contribution in [0.15, 0.2) is 0 Å². The van der Waals surface area contributed by atoms with E-state index in [-0.39, 0.29) is 0 Å². The molecule has 40 heavy (non-hydrogen) atoms. The summed E-state index contributed by atoms with van der Waals surface area (Å²) in [5.41, 5.74) is 0. The van der Waals surface area contributed by atoms with Gasteiger partial charge in [0.25, 0.3) is 0 Å². The van der Waals surface area contributed by atoms with Gasteiger partial charge in [0.2, 0.25) is 10.4 Å². The first-order chi connectivity index (χ1) is 19.1. The van der Waals surface area contributed by atoms with E-state index < -0.39 is 10.4 Å². The van der Waals surface area contributed by atoms with Crippen LogP contribution in [-0.4, -0.2) is 49.2 Å². The summed E-state index contributed by atoms with van der Waals surface area (Å²) in [5.74, 6) is 0. The molecule has 0 atom stereocenters. The highest BCUT2D eigenvalue weighted by Crippen LogP contribution is 2.15. The van der Waals surface area contributed by atoms with Gasteiger partial charge in [-0.1, -0.05) is 168 Å². The predicted molar refractivity (Wildman–Crippen MR) is 175 cm³/mol. The Hall–Kier alpha value is -0.170. The molecule has 6 heteroatoms.